The Morgan fingerprint density at radius 1 is 0.971 bits per heavy atom. The largest absolute Gasteiger partial charge is 0.486 e. The monoisotopic (exact) mass is 459 g/mol. The van der Waals surface area contributed by atoms with Crippen LogP contribution >= 0.6 is 0 Å². The predicted molar refractivity (Wildman–Crippen MR) is 139 cm³/mol. The quantitative estimate of drug-likeness (QED) is 0.531. The molecule has 34 heavy (non-hydrogen) atoms. The third-order valence-electron chi connectivity index (χ3n) is 7.33. The summed E-state index contributed by atoms with van der Waals surface area (Å²) in [5.41, 5.74) is 4.66. The van der Waals surface area contributed by atoms with Crippen LogP contribution in [0, 0.1) is 13.8 Å². The second-order valence-corrected chi connectivity index (χ2v) is 9.80. The van der Waals surface area contributed by atoms with Crippen LogP contribution in [0.2, 0.25) is 0 Å². The van der Waals surface area contributed by atoms with Gasteiger partial charge in [0.15, 0.2) is 19.5 Å². The van der Waals surface area contributed by atoms with E-state index in [0.717, 1.165) is 68.1 Å². The van der Waals surface area contributed by atoms with Crippen LogP contribution in [0.5, 0.6) is 11.5 Å². The maximum Gasteiger partial charge on any atom is 0.251 e. The van der Waals surface area contributed by atoms with Crippen molar-refractivity contribution in [1.29, 1.82) is 0 Å². The predicted octanol–water partition coefficient (Wildman–Crippen LogP) is 2.90. The fourth-order valence-electron chi connectivity index (χ4n) is 5.32. The molecule has 0 radical (unpaired) electrons. The molecule has 1 fully saturated rings. The zero-order chi connectivity index (χ0) is 23.7. The summed E-state index contributed by atoms with van der Waals surface area (Å²) in [7, 11) is 2.22. The Labute approximate surface area is 202 Å². The first-order chi connectivity index (χ1) is 16.5. The molecule has 178 valence electrons. The van der Waals surface area contributed by atoms with Gasteiger partial charge in [0.1, 0.15) is 13.2 Å². The summed E-state index contributed by atoms with van der Waals surface area (Å²) in [5, 5.41) is 1.17. The Hall–Kier alpha value is -2.77. The lowest BCUT2D eigenvalue weighted by molar-refractivity contribution is 0.153. The summed E-state index contributed by atoms with van der Waals surface area (Å²) in [4.78, 5) is 17.7. The molecule has 0 unspecified atom stereocenters. The molecule has 0 amide bonds. The summed E-state index contributed by atoms with van der Waals surface area (Å²) < 4.78 is 13.3. The summed E-state index contributed by atoms with van der Waals surface area (Å²) in [6, 6.07) is 15.0. The number of fused-ring (bicyclic) bond motifs is 2. The maximum absolute atomic E-state index is 12.8. The van der Waals surface area contributed by atoms with E-state index >= 15 is 0 Å². The molecule has 7 heteroatoms. The highest BCUT2D eigenvalue weighted by Crippen LogP contribution is 2.31. The third kappa shape index (κ3) is 4.86. The smallest absolute Gasteiger partial charge is 0.251 e. The lowest BCUT2D eigenvalue weighted by Gasteiger charge is -2.37. The highest BCUT2D eigenvalue weighted by atomic mass is 16.6. The van der Waals surface area contributed by atoms with E-state index in [-0.39, 0.29) is 5.56 Å². The zero-order valence-electron chi connectivity index (χ0n) is 20.5. The van der Waals surface area contributed by atoms with Crippen LogP contribution in [-0.2, 0) is 13.1 Å². The van der Waals surface area contributed by atoms with Crippen molar-refractivity contribution in [3.63, 3.8) is 0 Å². The number of aryl methyl sites for hydroxylation is 2. The van der Waals surface area contributed by atoms with Gasteiger partial charge in [0.2, 0.25) is 0 Å². The van der Waals surface area contributed by atoms with E-state index in [1.165, 1.54) is 16.5 Å². The molecule has 0 saturated carbocycles. The molecule has 0 atom stereocenters. The van der Waals surface area contributed by atoms with Crippen LogP contribution < -0.4 is 15.0 Å². The van der Waals surface area contributed by atoms with Gasteiger partial charge in [-0.05, 0) is 74.7 Å². The van der Waals surface area contributed by atoms with E-state index in [2.05, 4.69) is 54.9 Å². The molecule has 5 rings (SSSR count). The van der Waals surface area contributed by atoms with Crippen molar-refractivity contribution >= 4 is 18.9 Å². The van der Waals surface area contributed by atoms with Gasteiger partial charge in [-0.25, -0.2) is 0 Å². The third-order valence-corrected chi connectivity index (χ3v) is 7.33. The molecule has 0 spiro atoms. The van der Waals surface area contributed by atoms with Crippen molar-refractivity contribution in [3.05, 3.63) is 69.5 Å². The molecule has 2 aliphatic rings. The van der Waals surface area contributed by atoms with Gasteiger partial charge in [-0.15, -0.1) is 0 Å². The Morgan fingerprint density at radius 2 is 1.74 bits per heavy atom. The first-order valence-electron chi connectivity index (χ1n) is 12.4. The number of aromatic nitrogens is 1. The number of likely N-dealkylation sites (tertiary alicyclic amines) is 1. The van der Waals surface area contributed by atoms with E-state index in [1.807, 2.05) is 17.6 Å². The number of benzene rings is 2. The first kappa shape index (κ1) is 23.0. The molecule has 0 aliphatic carbocycles. The molecule has 2 aliphatic heterocycles. The Morgan fingerprint density at radius 3 is 2.53 bits per heavy atom. The first-order valence-corrected chi connectivity index (χ1v) is 12.4. The average Bonchev–Trinajstić information content (AvgIpc) is 2.84. The van der Waals surface area contributed by atoms with Gasteiger partial charge in [0.05, 0.1) is 5.52 Å². The Balaban J connectivity index is 1.17. The number of hydrogen-bond donors (Lipinski definition) is 0. The summed E-state index contributed by atoms with van der Waals surface area (Å²) in [5.74, 6) is 1.71. The summed E-state index contributed by atoms with van der Waals surface area (Å²) in [6.07, 6.45) is 2.29. The fraction of sp³-hybridized carbons (Fsp3) is 0.444. The van der Waals surface area contributed by atoms with Gasteiger partial charge < -0.3 is 23.8 Å². The fourth-order valence-corrected chi connectivity index (χ4v) is 5.32. The number of hydrogen-bond acceptors (Lipinski definition) is 5. The van der Waals surface area contributed by atoms with Crippen molar-refractivity contribution in [2.24, 2.45) is 0 Å². The molecule has 2 aromatic carbocycles. The van der Waals surface area contributed by atoms with Crippen LogP contribution in [0.25, 0.3) is 10.9 Å². The van der Waals surface area contributed by atoms with E-state index in [9.17, 15) is 4.79 Å². The highest BCUT2D eigenvalue weighted by molar-refractivity contribution is 6.04. The number of rotatable bonds is 6. The minimum Gasteiger partial charge on any atom is -0.486 e. The van der Waals surface area contributed by atoms with Crippen LogP contribution in [0.3, 0.4) is 0 Å². The van der Waals surface area contributed by atoms with Gasteiger partial charge in [-0.3, -0.25) is 4.79 Å². The number of piperidine rings is 1. The standard InChI is InChI=1S/C27H34BN3O3/c1-19-3-5-23-20(2)16-27(32)30(24(23)15-19)12-11-29-9-7-22(8-10-29)31(28)18-21-4-6-25-26(17-21)34-14-13-33-25/h3-6,15-17,22H,7-14,18,28H2,1-2H3. The molecule has 0 N–H and O–H groups in total. The van der Waals surface area contributed by atoms with Crippen molar-refractivity contribution < 1.29 is 9.47 Å². The van der Waals surface area contributed by atoms with Crippen LogP contribution in [-0.4, -0.2) is 61.1 Å². The average molecular weight is 459 g/mol. The maximum atomic E-state index is 12.8. The van der Waals surface area contributed by atoms with Crippen molar-refractivity contribution in [2.75, 3.05) is 32.8 Å². The molecular weight excluding hydrogens is 425 g/mol. The van der Waals surface area contributed by atoms with Gasteiger partial charge >= 0.3 is 0 Å². The van der Waals surface area contributed by atoms with Gasteiger partial charge in [0, 0.05) is 37.1 Å². The molecule has 0 bridgehead atoms. The summed E-state index contributed by atoms with van der Waals surface area (Å²) >= 11 is 0. The van der Waals surface area contributed by atoms with E-state index in [0.29, 0.717) is 19.3 Å². The van der Waals surface area contributed by atoms with Crippen molar-refractivity contribution in [2.45, 2.75) is 45.8 Å². The highest BCUT2D eigenvalue weighted by Gasteiger charge is 2.23. The van der Waals surface area contributed by atoms with Gasteiger partial charge in [-0.2, -0.15) is 0 Å². The zero-order valence-corrected chi connectivity index (χ0v) is 20.5. The molecule has 1 saturated heterocycles. The molecule has 3 heterocycles. The SMILES string of the molecule is BN(Cc1ccc2c(c1)OCCO2)C1CCN(CCn2c(=O)cc(C)c3ccc(C)cc32)CC1. The van der Waals surface area contributed by atoms with Crippen molar-refractivity contribution in [3.8, 4) is 11.5 Å². The number of pyridine rings is 1. The Bertz CT molecular complexity index is 1230. The molecule has 3 aromatic rings. The molecular formula is C27H34BN3O3. The molecule has 6 nitrogen and oxygen atoms in total. The summed E-state index contributed by atoms with van der Waals surface area (Å²) in [6.45, 7) is 10.0. The second kappa shape index (κ2) is 9.84. The van der Waals surface area contributed by atoms with Gasteiger partial charge in [-0.1, -0.05) is 18.2 Å². The minimum atomic E-state index is 0.102. The normalized spacial score (nSPS) is 16.9. The van der Waals surface area contributed by atoms with Gasteiger partial charge in [0.25, 0.3) is 5.56 Å². The Kier molecular flexibility index (Phi) is 6.66. The van der Waals surface area contributed by atoms with E-state index in [1.54, 1.807) is 6.07 Å². The molecule has 1 aromatic heterocycles. The van der Waals surface area contributed by atoms with Crippen LogP contribution in [0.15, 0.2) is 47.3 Å². The van der Waals surface area contributed by atoms with Crippen molar-refractivity contribution in [1.82, 2.24) is 14.3 Å². The second-order valence-electron chi connectivity index (χ2n) is 9.80. The van der Waals surface area contributed by atoms with E-state index < -0.39 is 0 Å². The number of nitrogens with zero attached hydrogens (tertiary/aromatic N) is 3. The topological polar surface area (TPSA) is 46.9 Å². The van der Waals surface area contributed by atoms with E-state index in [4.69, 9.17) is 9.47 Å². The van der Waals surface area contributed by atoms with Crippen LogP contribution in [0.1, 0.15) is 29.5 Å². The lowest BCUT2D eigenvalue weighted by Crippen LogP contribution is -2.44. The minimum absolute atomic E-state index is 0.102. The lowest BCUT2D eigenvalue weighted by atomic mass is 9.99. The number of ether oxygens (including phenoxy) is 2. The van der Waals surface area contributed by atoms with Crippen LogP contribution in [0.4, 0.5) is 0 Å².